The van der Waals surface area contributed by atoms with Crippen LogP contribution in [0.4, 0.5) is 4.39 Å². The fourth-order valence-corrected chi connectivity index (χ4v) is 4.20. The number of hydrogen-bond donors (Lipinski definition) is 2. The maximum absolute atomic E-state index is 13.1. The molecule has 1 amide bonds. The Bertz CT molecular complexity index is 977. The predicted molar refractivity (Wildman–Crippen MR) is 104 cm³/mol. The standard InChI is InChI=1S/C20H23FN2O5S/c1-13(2)17(23-29(25,26)16-6-4-15(21)5-7-16)10-20(24)22-11-14-3-8-18-19(9-14)28-12-27-18/h3-9,13,17,23H,10-12H2,1-2H3,(H,22,24). The van der Waals surface area contributed by atoms with Gasteiger partial charge in [0.15, 0.2) is 11.5 Å². The summed E-state index contributed by atoms with van der Waals surface area (Å²) in [4.78, 5) is 12.3. The van der Waals surface area contributed by atoms with E-state index in [2.05, 4.69) is 10.0 Å². The molecular formula is C20H23FN2O5S. The lowest BCUT2D eigenvalue weighted by molar-refractivity contribution is -0.121. The van der Waals surface area contributed by atoms with Crippen LogP contribution in [0, 0.1) is 11.7 Å². The van der Waals surface area contributed by atoms with Crippen LogP contribution in [0.25, 0.3) is 0 Å². The molecule has 0 bridgehead atoms. The van der Waals surface area contributed by atoms with Gasteiger partial charge in [-0.05, 0) is 47.9 Å². The summed E-state index contributed by atoms with van der Waals surface area (Å²) in [6.45, 7) is 4.10. The molecule has 0 radical (unpaired) electrons. The zero-order valence-electron chi connectivity index (χ0n) is 16.1. The molecule has 1 aliphatic heterocycles. The molecule has 0 aliphatic carbocycles. The predicted octanol–water partition coefficient (Wildman–Crippen LogP) is 2.56. The van der Waals surface area contributed by atoms with Gasteiger partial charge in [-0.1, -0.05) is 19.9 Å². The van der Waals surface area contributed by atoms with Crippen molar-refractivity contribution in [2.45, 2.75) is 37.8 Å². The first-order valence-corrected chi connectivity index (χ1v) is 10.7. The van der Waals surface area contributed by atoms with Crippen LogP contribution < -0.4 is 19.5 Å². The number of sulfonamides is 1. The van der Waals surface area contributed by atoms with Gasteiger partial charge in [0, 0.05) is 19.0 Å². The Morgan fingerprint density at radius 3 is 2.48 bits per heavy atom. The van der Waals surface area contributed by atoms with Gasteiger partial charge >= 0.3 is 0 Å². The smallest absolute Gasteiger partial charge is 0.240 e. The molecule has 0 aromatic heterocycles. The number of carbonyl (C=O) groups excluding carboxylic acids is 1. The third-order valence-corrected chi connectivity index (χ3v) is 6.07. The van der Waals surface area contributed by atoms with Crippen molar-refractivity contribution in [3.63, 3.8) is 0 Å². The van der Waals surface area contributed by atoms with Gasteiger partial charge in [0.2, 0.25) is 22.7 Å². The lowest BCUT2D eigenvalue weighted by Crippen LogP contribution is -2.42. The summed E-state index contributed by atoms with van der Waals surface area (Å²) in [5.74, 6) is 0.357. The minimum atomic E-state index is -3.87. The van der Waals surface area contributed by atoms with Crippen molar-refractivity contribution < 1.29 is 27.1 Å². The summed E-state index contributed by atoms with van der Waals surface area (Å²) in [6, 6.07) is 9.32. The number of fused-ring (bicyclic) bond motifs is 1. The van der Waals surface area contributed by atoms with Crippen molar-refractivity contribution in [3.8, 4) is 11.5 Å². The number of amides is 1. The highest BCUT2D eigenvalue weighted by Crippen LogP contribution is 2.32. The summed E-state index contributed by atoms with van der Waals surface area (Å²) in [5, 5.41) is 2.79. The fourth-order valence-electron chi connectivity index (χ4n) is 2.82. The molecule has 2 aromatic carbocycles. The first-order chi connectivity index (χ1) is 13.7. The molecule has 1 heterocycles. The third kappa shape index (κ3) is 5.45. The average Bonchev–Trinajstić information content (AvgIpc) is 3.14. The minimum Gasteiger partial charge on any atom is -0.454 e. The molecule has 0 saturated heterocycles. The Kier molecular flexibility index (Phi) is 6.39. The van der Waals surface area contributed by atoms with Crippen LogP contribution in [0.15, 0.2) is 47.4 Å². The van der Waals surface area contributed by atoms with E-state index < -0.39 is 21.9 Å². The minimum absolute atomic E-state index is 0.0252. The third-order valence-electron chi connectivity index (χ3n) is 4.57. The van der Waals surface area contributed by atoms with Gasteiger partial charge in [-0.25, -0.2) is 17.5 Å². The molecule has 2 N–H and O–H groups in total. The monoisotopic (exact) mass is 422 g/mol. The number of benzene rings is 2. The van der Waals surface area contributed by atoms with Crippen molar-refractivity contribution >= 4 is 15.9 Å². The van der Waals surface area contributed by atoms with Crippen LogP contribution in [-0.2, 0) is 21.4 Å². The molecule has 3 rings (SSSR count). The first-order valence-electron chi connectivity index (χ1n) is 9.18. The summed E-state index contributed by atoms with van der Waals surface area (Å²) in [6.07, 6.45) is -0.0252. The molecule has 1 atom stereocenters. The summed E-state index contributed by atoms with van der Waals surface area (Å²) >= 11 is 0. The molecule has 9 heteroatoms. The molecule has 2 aromatic rings. The zero-order valence-corrected chi connectivity index (χ0v) is 17.0. The van der Waals surface area contributed by atoms with Crippen LogP contribution in [-0.4, -0.2) is 27.2 Å². The number of halogens is 1. The quantitative estimate of drug-likeness (QED) is 0.682. The molecule has 29 heavy (non-hydrogen) atoms. The van der Waals surface area contributed by atoms with Gasteiger partial charge in [0.1, 0.15) is 5.82 Å². The Hall–Kier alpha value is -2.65. The summed E-state index contributed by atoms with van der Waals surface area (Å²) < 4.78 is 51.2. The summed E-state index contributed by atoms with van der Waals surface area (Å²) in [5.41, 5.74) is 0.843. The van der Waals surface area contributed by atoms with Crippen LogP contribution in [0.5, 0.6) is 11.5 Å². The number of carbonyl (C=O) groups is 1. The van der Waals surface area contributed by atoms with Crippen molar-refractivity contribution in [1.29, 1.82) is 0 Å². The van der Waals surface area contributed by atoms with E-state index in [1.54, 1.807) is 12.1 Å². The van der Waals surface area contributed by atoms with Crippen molar-refractivity contribution in [2.24, 2.45) is 5.92 Å². The number of nitrogens with one attached hydrogen (secondary N) is 2. The van der Waals surface area contributed by atoms with E-state index in [9.17, 15) is 17.6 Å². The Morgan fingerprint density at radius 2 is 1.79 bits per heavy atom. The fraction of sp³-hybridized carbons (Fsp3) is 0.350. The van der Waals surface area contributed by atoms with Gasteiger partial charge < -0.3 is 14.8 Å². The molecule has 1 aliphatic rings. The Labute approximate surface area is 169 Å². The zero-order chi connectivity index (χ0) is 21.0. The van der Waals surface area contributed by atoms with Gasteiger partial charge in [-0.3, -0.25) is 4.79 Å². The largest absolute Gasteiger partial charge is 0.454 e. The SMILES string of the molecule is CC(C)C(CC(=O)NCc1ccc2c(c1)OCO2)NS(=O)(=O)c1ccc(F)cc1. The maximum atomic E-state index is 13.1. The van der Waals surface area contributed by atoms with Crippen molar-refractivity contribution in [3.05, 3.63) is 53.8 Å². The van der Waals surface area contributed by atoms with E-state index in [-0.39, 0.29) is 36.5 Å². The molecule has 7 nitrogen and oxygen atoms in total. The van der Waals surface area contributed by atoms with Gasteiger partial charge in [-0.15, -0.1) is 0 Å². The van der Waals surface area contributed by atoms with E-state index >= 15 is 0 Å². The molecule has 156 valence electrons. The van der Waals surface area contributed by atoms with Crippen molar-refractivity contribution in [2.75, 3.05) is 6.79 Å². The van der Waals surface area contributed by atoms with E-state index in [4.69, 9.17) is 9.47 Å². The topological polar surface area (TPSA) is 93.7 Å². The van der Waals surface area contributed by atoms with Crippen molar-refractivity contribution in [1.82, 2.24) is 10.0 Å². The van der Waals surface area contributed by atoms with E-state index in [1.807, 2.05) is 19.9 Å². The number of rotatable bonds is 8. The molecule has 0 saturated carbocycles. The van der Waals surface area contributed by atoms with Crippen LogP contribution in [0.2, 0.25) is 0 Å². The molecule has 0 spiro atoms. The van der Waals surface area contributed by atoms with E-state index in [0.29, 0.717) is 11.5 Å². The van der Waals surface area contributed by atoms with Crippen LogP contribution in [0.3, 0.4) is 0 Å². The summed E-state index contributed by atoms with van der Waals surface area (Å²) in [7, 11) is -3.87. The van der Waals surface area contributed by atoms with Crippen LogP contribution in [0.1, 0.15) is 25.8 Å². The maximum Gasteiger partial charge on any atom is 0.240 e. The second kappa shape index (κ2) is 8.79. The highest BCUT2D eigenvalue weighted by Gasteiger charge is 2.25. The van der Waals surface area contributed by atoms with Gasteiger partial charge in [0.05, 0.1) is 4.90 Å². The number of hydrogen-bond acceptors (Lipinski definition) is 5. The Balaban J connectivity index is 1.59. The van der Waals surface area contributed by atoms with Gasteiger partial charge in [0.25, 0.3) is 0 Å². The normalized spacial score (nSPS) is 14.1. The average molecular weight is 422 g/mol. The van der Waals surface area contributed by atoms with Gasteiger partial charge in [-0.2, -0.15) is 0 Å². The Morgan fingerprint density at radius 1 is 1.10 bits per heavy atom. The van der Waals surface area contributed by atoms with E-state index in [1.165, 1.54) is 12.1 Å². The second-order valence-electron chi connectivity index (χ2n) is 7.09. The number of ether oxygens (including phenoxy) is 2. The van der Waals surface area contributed by atoms with Crippen LogP contribution >= 0.6 is 0 Å². The first kappa shape index (κ1) is 21.1. The molecule has 0 fully saturated rings. The van der Waals surface area contributed by atoms with E-state index in [0.717, 1.165) is 17.7 Å². The lowest BCUT2D eigenvalue weighted by atomic mass is 10.0. The highest BCUT2D eigenvalue weighted by atomic mass is 32.2. The highest BCUT2D eigenvalue weighted by molar-refractivity contribution is 7.89. The lowest BCUT2D eigenvalue weighted by Gasteiger charge is -2.22. The molecular weight excluding hydrogens is 399 g/mol. The second-order valence-corrected chi connectivity index (χ2v) is 8.81. The molecule has 1 unspecified atom stereocenters.